The highest BCUT2D eigenvalue weighted by Gasteiger charge is 2.17. The summed E-state index contributed by atoms with van der Waals surface area (Å²) in [5.41, 5.74) is 1.29. The molecule has 0 radical (unpaired) electrons. The molecule has 0 spiro atoms. The Morgan fingerprint density at radius 3 is 2.41 bits per heavy atom. The first-order valence-electron chi connectivity index (χ1n) is 7.87. The highest BCUT2D eigenvalue weighted by molar-refractivity contribution is 7.92. The van der Waals surface area contributed by atoms with Crippen LogP contribution in [-0.2, 0) is 16.4 Å². The third-order valence-electron chi connectivity index (χ3n) is 3.85. The SMILES string of the molecule is Cc1nc(NS(=O)(=O)c2ccc(Cl)cc2)[nH]c(=O)c1Cc1cccc(Cl)c1. The Bertz CT molecular complexity index is 1140. The lowest BCUT2D eigenvalue weighted by molar-refractivity contribution is 0.600. The van der Waals surface area contributed by atoms with Gasteiger partial charge in [-0.25, -0.2) is 18.1 Å². The lowest BCUT2D eigenvalue weighted by atomic mass is 10.1. The molecule has 0 unspecified atom stereocenters. The van der Waals surface area contributed by atoms with Crippen LogP contribution in [0.1, 0.15) is 16.8 Å². The van der Waals surface area contributed by atoms with Crippen molar-refractivity contribution in [1.82, 2.24) is 9.97 Å². The van der Waals surface area contributed by atoms with Crippen molar-refractivity contribution in [2.24, 2.45) is 0 Å². The molecule has 0 bridgehead atoms. The molecule has 140 valence electrons. The normalized spacial score (nSPS) is 11.4. The molecule has 2 aromatic carbocycles. The van der Waals surface area contributed by atoms with Gasteiger partial charge in [0.2, 0.25) is 5.95 Å². The summed E-state index contributed by atoms with van der Waals surface area (Å²) in [7, 11) is -3.90. The van der Waals surface area contributed by atoms with Gasteiger partial charge in [0.1, 0.15) is 0 Å². The van der Waals surface area contributed by atoms with E-state index in [4.69, 9.17) is 23.2 Å². The van der Waals surface area contributed by atoms with Crippen molar-refractivity contribution < 1.29 is 8.42 Å². The van der Waals surface area contributed by atoms with Crippen LogP contribution in [0.4, 0.5) is 5.95 Å². The van der Waals surface area contributed by atoms with Crippen LogP contribution in [0, 0.1) is 6.92 Å². The molecular formula is C18H15Cl2N3O3S. The average molecular weight is 424 g/mol. The molecule has 2 N–H and O–H groups in total. The summed E-state index contributed by atoms with van der Waals surface area (Å²) in [4.78, 5) is 19.1. The summed E-state index contributed by atoms with van der Waals surface area (Å²) in [5, 5.41) is 0.989. The van der Waals surface area contributed by atoms with Crippen molar-refractivity contribution in [3.63, 3.8) is 0 Å². The zero-order valence-electron chi connectivity index (χ0n) is 14.2. The second kappa shape index (κ2) is 7.72. The third kappa shape index (κ3) is 4.68. The van der Waals surface area contributed by atoms with Gasteiger partial charge in [0, 0.05) is 22.0 Å². The molecule has 3 rings (SSSR count). The lowest BCUT2D eigenvalue weighted by Gasteiger charge is -2.10. The molecule has 0 aliphatic carbocycles. The van der Waals surface area contributed by atoms with E-state index in [1.807, 2.05) is 6.07 Å². The summed E-state index contributed by atoms with van der Waals surface area (Å²) in [6.45, 7) is 1.65. The number of nitrogens with one attached hydrogen (secondary N) is 2. The largest absolute Gasteiger partial charge is 0.292 e. The maximum atomic E-state index is 12.4. The van der Waals surface area contributed by atoms with Gasteiger partial charge in [-0.3, -0.25) is 9.78 Å². The number of hydrogen-bond acceptors (Lipinski definition) is 4. The van der Waals surface area contributed by atoms with Crippen LogP contribution in [0.3, 0.4) is 0 Å². The highest BCUT2D eigenvalue weighted by atomic mass is 35.5. The number of nitrogens with zero attached hydrogens (tertiary/aromatic N) is 1. The highest BCUT2D eigenvalue weighted by Crippen LogP contribution is 2.18. The Balaban J connectivity index is 1.88. The summed E-state index contributed by atoms with van der Waals surface area (Å²) in [5.74, 6) is -0.151. The molecular weight excluding hydrogens is 409 g/mol. The smallest absolute Gasteiger partial charge is 0.264 e. The summed E-state index contributed by atoms with van der Waals surface area (Å²) >= 11 is 11.7. The summed E-state index contributed by atoms with van der Waals surface area (Å²) in [6.07, 6.45) is 0.332. The maximum Gasteiger partial charge on any atom is 0.264 e. The minimum Gasteiger partial charge on any atom is -0.292 e. The van der Waals surface area contributed by atoms with E-state index in [9.17, 15) is 13.2 Å². The molecule has 0 atom stereocenters. The molecule has 0 aliphatic heterocycles. The molecule has 0 saturated carbocycles. The van der Waals surface area contributed by atoms with Gasteiger partial charge in [-0.05, 0) is 48.9 Å². The van der Waals surface area contributed by atoms with Crippen LogP contribution in [-0.4, -0.2) is 18.4 Å². The second-order valence-electron chi connectivity index (χ2n) is 5.84. The second-order valence-corrected chi connectivity index (χ2v) is 8.40. The molecule has 9 heteroatoms. The zero-order valence-corrected chi connectivity index (χ0v) is 16.5. The average Bonchev–Trinajstić information content (AvgIpc) is 2.58. The molecule has 0 amide bonds. The van der Waals surface area contributed by atoms with Gasteiger partial charge in [-0.15, -0.1) is 0 Å². The van der Waals surface area contributed by atoms with Crippen LogP contribution in [0.15, 0.2) is 58.2 Å². The zero-order chi connectivity index (χ0) is 19.6. The first-order chi connectivity index (χ1) is 12.7. The predicted octanol–water partition coefficient (Wildman–Crippen LogP) is 3.78. The fraction of sp³-hybridized carbons (Fsp3) is 0.111. The Labute approximate surface area is 166 Å². The number of benzene rings is 2. The monoisotopic (exact) mass is 423 g/mol. The number of aromatic nitrogens is 2. The van der Waals surface area contributed by atoms with Gasteiger partial charge in [0.25, 0.3) is 15.6 Å². The van der Waals surface area contributed by atoms with Crippen LogP contribution in [0.25, 0.3) is 0 Å². The van der Waals surface area contributed by atoms with E-state index in [2.05, 4.69) is 14.7 Å². The topological polar surface area (TPSA) is 91.9 Å². The van der Waals surface area contributed by atoms with Gasteiger partial charge >= 0.3 is 0 Å². The van der Waals surface area contributed by atoms with Crippen LogP contribution < -0.4 is 10.3 Å². The number of H-pyrrole nitrogens is 1. The number of aromatic amines is 1. The Morgan fingerprint density at radius 2 is 1.78 bits per heavy atom. The molecule has 3 aromatic rings. The molecule has 1 heterocycles. The van der Waals surface area contributed by atoms with Crippen molar-refractivity contribution >= 4 is 39.2 Å². The van der Waals surface area contributed by atoms with E-state index in [1.165, 1.54) is 24.3 Å². The predicted molar refractivity (Wildman–Crippen MR) is 106 cm³/mol. The number of halogens is 2. The van der Waals surface area contributed by atoms with Crippen molar-refractivity contribution in [2.75, 3.05) is 4.72 Å². The first-order valence-corrected chi connectivity index (χ1v) is 10.1. The van der Waals surface area contributed by atoms with Gasteiger partial charge in [0.15, 0.2) is 0 Å². The van der Waals surface area contributed by atoms with Gasteiger partial charge in [-0.2, -0.15) is 0 Å². The molecule has 6 nitrogen and oxygen atoms in total. The number of sulfonamides is 1. The van der Waals surface area contributed by atoms with E-state index < -0.39 is 15.6 Å². The number of aryl methyl sites for hydroxylation is 1. The Hall–Kier alpha value is -2.35. The number of anilines is 1. The van der Waals surface area contributed by atoms with Crippen LogP contribution in [0.5, 0.6) is 0 Å². The van der Waals surface area contributed by atoms with E-state index in [0.29, 0.717) is 27.7 Å². The molecule has 1 aromatic heterocycles. The Kier molecular flexibility index (Phi) is 5.55. The third-order valence-corrected chi connectivity index (χ3v) is 5.69. The Morgan fingerprint density at radius 1 is 1.07 bits per heavy atom. The standard InChI is InChI=1S/C18H15Cl2N3O3S/c1-11-16(10-12-3-2-4-14(20)9-12)17(24)22-18(21-11)23-27(25,26)15-7-5-13(19)6-8-15/h2-9H,10H2,1H3,(H2,21,22,23,24). The molecule has 0 fully saturated rings. The number of rotatable bonds is 5. The van der Waals surface area contributed by atoms with Gasteiger partial charge < -0.3 is 0 Å². The van der Waals surface area contributed by atoms with Crippen molar-refractivity contribution in [3.05, 3.63) is 85.8 Å². The summed E-state index contributed by atoms with van der Waals surface area (Å²) in [6, 6.07) is 12.8. The van der Waals surface area contributed by atoms with Crippen molar-refractivity contribution in [1.29, 1.82) is 0 Å². The lowest BCUT2D eigenvalue weighted by Crippen LogP contribution is -2.22. The fourth-order valence-corrected chi connectivity index (χ4v) is 3.82. The quantitative estimate of drug-likeness (QED) is 0.652. The van der Waals surface area contributed by atoms with E-state index >= 15 is 0 Å². The van der Waals surface area contributed by atoms with Crippen molar-refractivity contribution in [3.8, 4) is 0 Å². The van der Waals surface area contributed by atoms with E-state index in [0.717, 1.165) is 5.56 Å². The molecule has 0 saturated heterocycles. The first kappa shape index (κ1) is 19.4. The summed E-state index contributed by atoms with van der Waals surface area (Å²) < 4.78 is 27.1. The van der Waals surface area contributed by atoms with E-state index in [1.54, 1.807) is 25.1 Å². The van der Waals surface area contributed by atoms with Crippen LogP contribution in [0.2, 0.25) is 10.0 Å². The fourth-order valence-electron chi connectivity index (χ4n) is 2.52. The minimum absolute atomic E-state index is 0.00945. The maximum absolute atomic E-state index is 12.4. The van der Waals surface area contributed by atoms with E-state index in [-0.39, 0.29) is 10.8 Å². The molecule has 27 heavy (non-hydrogen) atoms. The van der Waals surface area contributed by atoms with Gasteiger partial charge in [-0.1, -0.05) is 35.3 Å². The van der Waals surface area contributed by atoms with Crippen LogP contribution >= 0.6 is 23.2 Å². The van der Waals surface area contributed by atoms with Crippen molar-refractivity contribution in [2.45, 2.75) is 18.2 Å². The van der Waals surface area contributed by atoms with Gasteiger partial charge in [0.05, 0.1) is 10.6 Å². The molecule has 0 aliphatic rings. The minimum atomic E-state index is -3.90. The number of hydrogen-bond donors (Lipinski definition) is 2.